The average molecular weight is 168 g/mol. The summed E-state index contributed by atoms with van der Waals surface area (Å²) >= 11 is 0. The zero-order valence-corrected chi connectivity index (χ0v) is 8.52. The van der Waals surface area contributed by atoms with Crippen molar-refractivity contribution in [3.63, 3.8) is 0 Å². The smallest absolute Gasteiger partial charge is 0.139 e. The molecule has 0 radical (unpaired) electrons. The molecule has 1 fully saturated rings. The zero-order valence-electron chi connectivity index (χ0n) is 8.52. The molecule has 0 heterocycles. The summed E-state index contributed by atoms with van der Waals surface area (Å²) in [7, 11) is 0. The molecule has 0 spiro atoms. The molecule has 0 aromatic carbocycles. The summed E-state index contributed by atoms with van der Waals surface area (Å²) < 4.78 is 0. The first-order chi connectivity index (χ1) is 5.62. The Morgan fingerprint density at radius 2 is 1.83 bits per heavy atom. The van der Waals surface area contributed by atoms with Crippen LogP contribution >= 0.6 is 0 Å². The minimum atomic E-state index is 0.0998. The van der Waals surface area contributed by atoms with Crippen molar-refractivity contribution in [3.8, 4) is 0 Å². The maximum atomic E-state index is 11.7. The first kappa shape index (κ1) is 9.76. The highest BCUT2D eigenvalue weighted by atomic mass is 16.1. The Balaban J connectivity index is 2.34. The lowest BCUT2D eigenvalue weighted by molar-refractivity contribution is -0.124. The van der Waals surface area contributed by atoms with Crippen LogP contribution < -0.4 is 0 Å². The third kappa shape index (κ3) is 2.09. The van der Waals surface area contributed by atoms with Gasteiger partial charge in [0.1, 0.15) is 5.78 Å². The largest absolute Gasteiger partial charge is 0.299 e. The van der Waals surface area contributed by atoms with Crippen LogP contribution in [0.1, 0.15) is 52.9 Å². The molecule has 0 unspecified atom stereocenters. The number of carbonyl (C=O) groups is 1. The summed E-state index contributed by atoms with van der Waals surface area (Å²) in [4.78, 5) is 11.7. The number of ketones is 1. The third-order valence-electron chi connectivity index (χ3n) is 3.30. The van der Waals surface area contributed by atoms with E-state index >= 15 is 0 Å². The van der Waals surface area contributed by atoms with E-state index in [1.165, 1.54) is 0 Å². The molecule has 0 saturated heterocycles. The fourth-order valence-corrected chi connectivity index (χ4v) is 1.55. The van der Waals surface area contributed by atoms with E-state index in [1.54, 1.807) is 0 Å². The van der Waals surface area contributed by atoms with Gasteiger partial charge in [-0.1, -0.05) is 33.6 Å². The van der Waals surface area contributed by atoms with Crippen molar-refractivity contribution in [2.24, 2.45) is 11.3 Å². The molecule has 1 rings (SSSR count). The molecule has 0 aliphatic heterocycles. The lowest BCUT2D eigenvalue weighted by Gasteiger charge is -2.13. The topological polar surface area (TPSA) is 17.1 Å². The van der Waals surface area contributed by atoms with Gasteiger partial charge in [-0.15, -0.1) is 0 Å². The van der Waals surface area contributed by atoms with Crippen LogP contribution in [0.25, 0.3) is 0 Å². The Morgan fingerprint density at radius 3 is 2.17 bits per heavy atom. The van der Waals surface area contributed by atoms with Crippen LogP contribution in [0.3, 0.4) is 0 Å². The molecule has 1 aliphatic rings. The van der Waals surface area contributed by atoms with Crippen molar-refractivity contribution in [1.82, 2.24) is 0 Å². The first-order valence-corrected chi connectivity index (χ1v) is 5.15. The summed E-state index contributed by atoms with van der Waals surface area (Å²) in [5.41, 5.74) is 0.0998. The van der Waals surface area contributed by atoms with E-state index in [1.807, 2.05) is 0 Å². The molecule has 1 aliphatic carbocycles. The van der Waals surface area contributed by atoms with E-state index in [0.29, 0.717) is 11.7 Å². The summed E-state index contributed by atoms with van der Waals surface area (Å²) in [5.74, 6) is 1.14. The first-order valence-electron chi connectivity index (χ1n) is 5.15. The highest BCUT2D eigenvalue weighted by molar-refractivity contribution is 5.87. The molecule has 12 heavy (non-hydrogen) atoms. The van der Waals surface area contributed by atoms with Crippen LogP contribution in [0.15, 0.2) is 0 Å². The summed E-state index contributed by atoms with van der Waals surface area (Å²) in [6.45, 7) is 6.46. The second-order valence-corrected chi connectivity index (χ2v) is 4.37. The number of carbonyl (C=O) groups excluding carboxylic acids is 1. The second-order valence-electron chi connectivity index (χ2n) is 4.37. The molecule has 0 atom stereocenters. The fourth-order valence-electron chi connectivity index (χ4n) is 1.55. The van der Waals surface area contributed by atoms with E-state index in [9.17, 15) is 4.79 Å². The van der Waals surface area contributed by atoms with E-state index in [4.69, 9.17) is 0 Å². The number of hydrogen-bond donors (Lipinski definition) is 0. The Kier molecular flexibility index (Phi) is 2.92. The minimum Gasteiger partial charge on any atom is -0.299 e. The SMILES string of the molecule is CCC(CC)CC(=O)C1(C)CC1. The van der Waals surface area contributed by atoms with Gasteiger partial charge < -0.3 is 0 Å². The van der Waals surface area contributed by atoms with Gasteiger partial charge in [-0.25, -0.2) is 0 Å². The standard InChI is InChI=1S/C11H20O/c1-4-9(5-2)8-10(12)11(3)6-7-11/h9H,4-8H2,1-3H3. The predicted octanol–water partition coefficient (Wildman–Crippen LogP) is 3.18. The molecule has 0 aromatic rings. The molecule has 1 saturated carbocycles. The van der Waals surface area contributed by atoms with Crippen LogP contribution in [0, 0.1) is 11.3 Å². The van der Waals surface area contributed by atoms with Crippen LogP contribution in [-0.4, -0.2) is 5.78 Å². The Bertz CT molecular complexity index is 164. The maximum Gasteiger partial charge on any atom is 0.139 e. The van der Waals surface area contributed by atoms with Crippen LogP contribution in [0.2, 0.25) is 0 Å². The van der Waals surface area contributed by atoms with Crippen molar-refractivity contribution in [2.75, 3.05) is 0 Å². The molecule has 1 heteroatoms. The lowest BCUT2D eigenvalue weighted by Crippen LogP contribution is -2.15. The van der Waals surface area contributed by atoms with Gasteiger partial charge >= 0.3 is 0 Å². The van der Waals surface area contributed by atoms with Crippen LogP contribution in [0.5, 0.6) is 0 Å². The van der Waals surface area contributed by atoms with Crippen molar-refractivity contribution in [2.45, 2.75) is 52.9 Å². The summed E-state index contributed by atoms with van der Waals surface area (Å²) in [5, 5.41) is 0. The third-order valence-corrected chi connectivity index (χ3v) is 3.30. The molecule has 0 aromatic heterocycles. The van der Waals surface area contributed by atoms with Gasteiger partial charge in [-0.3, -0.25) is 4.79 Å². The van der Waals surface area contributed by atoms with Gasteiger partial charge in [0, 0.05) is 11.8 Å². The van der Waals surface area contributed by atoms with Gasteiger partial charge in [0.2, 0.25) is 0 Å². The highest BCUT2D eigenvalue weighted by Crippen LogP contribution is 2.47. The predicted molar refractivity (Wildman–Crippen MR) is 51.0 cm³/mol. The van der Waals surface area contributed by atoms with Crippen LogP contribution in [-0.2, 0) is 4.79 Å². The normalized spacial score (nSPS) is 19.7. The number of Topliss-reactive ketones (excluding diaryl/α,β-unsaturated/α-hetero) is 1. The van der Waals surface area contributed by atoms with Crippen molar-refractivity contribution in [1.29, 1.82) is 0 Å². The van der Waals surface area contributed by atoms with Gasteiger partial charge in [0.05, 0.1) is 0 Å². The second kappa shape index (κ2) is 3.59. The Labute approximate surface area is 75.5 Å². The number of hydrogen-bond acceptors (Lipinski definition) is 1. The maximum absolute atomic E-state index is 11.7. The molecular weight excluding hydrogens is 148 g/mol. The number of rotatable bonds is 5. The van der Waals surface area contributed by atoms with E-state index in [2.05, 4.69) is 20.8 Å². The minimum absolute atomic E-state index is 0.0998. The van der Waals surface area contributed by atoms with E-state index in [-0.39, 0.29) is 5.41 Å². The average Bonchev–Trinajstić information content (AvgIpc) is 2.80. The summed E-state index contributed by atoms with van der Waals surface area (Å²) in [6, 6.07) is 0. The lowest BCUT2D eigenvalue weighted by atomic mass is 9.90. The fraction of sp³-hybridized carbons (Fsp3) is 0.909. The van der Waals surface area contributed by atoms with Gasteiger partial charge in [-0.05, 0) is 18.8 Å². The molecule has 1 nitrogen and oxygen atoms in total. The highest BCUT2D eigenvalue weighted by Gasteiger charge is 2.44. The van der Waals surface area contributed by atoms with Gasteiger partial charge in [0.15, 0.2) is 0 Å². The van der Waals surface area contributed by atoms with Crippen molar-refractivity contribution < 1.29 is 4.79 Å². The molecule has 0 bridgehead atoms. The molecule has 0 N–H and O–H groups in total. The van der Waals surface area contributed by atoms with E-state index in [0.717, 1.165) is 32.1 Å². The molecular formula is C11H20O. The van der Waals surface area contributed by atoms with Crippen molar-refractivity contribution in [3.05, 3.63) is 0 Å². The Hall–Kier alpha value is -0.330. The zero-order chi connectivity index (χ0) is 9.19. The summed E-state index contributed by atoms with van der Waals surface area (Å²) in [6.07, 6.45) is 5.39. The quantitative estimate of drug-likeness (QED) is 0.616. The van der Waals surface area contributed by atoms with Crippen molar-refractivity contribution >= 4 is 5.78 Å². The Morgan fingerprint density at radius 1 is 1.33 bits per heavy atom. The molecule has 70 valence electrons. The molecule has 0 amide bonds. The van der Waals surface area contributed by atoms with Crippen LogP contribution in [0.4, 0.5) is 0 Å². The van der Waals surface area contributed by atoms with Gasteiger partial charge in [0.25, 0.3) is 0 Å². The van der Waals surface area contributed by atoms with E-state index < -0.39 is 0 Å². The monoisotopic (exact) mass is 168 g/mol. The van der Waals surface area contributed by atoms with Gasteiger partial charge in [-0.2, -0.15) is 0 Å².